The highest BCUT2D eigenvalue weighted by Crippen LogP contribution is 2.14. The average Bonchev–Trinajstić information content (AvgIpc) is 3.19. The molecule has 0 aromatic rings. The Morgan fingerprint density at radius 2 is 0.898 bits per heavy atom. The third kappa shape index (κ3) is 40.5. The quantitative estimate of drug-likeness (QED) is 0.0261. The Labute approximate surface area is 363 Å². The third-order valence-corrected chi connectivity index (χ3v) is 10.7. The van der Waals surface area contributed by atoms with Gasteiger partial charge in [0.1, 0.15) is 12.6 Å². The normalized spacial score (nSPS) is 13.3. The van der Waals surface area contributed by atoms with Crippen LogP contribution in [0.3, 0.4) is 0 Å². The van der Waals surface area contributed by atoms with Crippen molar-refractivity contribution < 1.29 is 38.2 Å². The van der Waals surface area contributed by atoms with Crippen molar-refractivity contribution in [1.29, 1.82) is 0 Å². The lowest BCUT2D eigenvalue weighted by molar-refractivity contribution is -0.889. The number of allylic oxidation sites excluding steroid dienone is 8. The molecule has 0 aliphatic carbocycles. The van der Waals surface area contributed by atoms with Crippen LogP contribution < -0.4 is 5.11 Å². The van der Waals surface area contributed by atoms with Crippen LogP contribution in [0.4, 0.5) is 0 Å². The number of carboxylic acids is 1. The summed E-state index contributed by atoms with van der Waals surface area (Å²) in [6.45, 7) is 4.62. The van der Waals surface area contributed by atoms with E-state index in [1.54, 1.807) is 21.1 Å². The first-order valence-corrected chi connectivity index (χ1v) is 24.2. The Bertz CT molecular complexity index is 1110. The fourth-order valence-corrected chi connectivity index (χ4v) is 6.90. The van der Waals surface area contributed by atoms with Crippen LogP contribution in [0.25, 0.3) is 0 Å². The van der Waals surface area contributed by atoms with Gasteiger partial charge in [-0.15, -0.1) is 0 Å². The second-order valence-electron chi connectivity index (χ2n) is 17.3. The zero-order valence-electron chi connectivity index (χ0n) is 38.9. The minimum Gasteiger partial charge on any atom is -0.544 e. The number of unbranched alkanes of at least 4 members (excludes halogenated alkanes) is 21. The summed E-state index contributed by atoms with van der Waals surface area (Å²) < 4.78 is 17.2. The summed E-state index contributed by atoms with van der Waals surface area (Å²) in [6, 6.07) is -0.730. The molecular formula is C51H91NO7. The van der Waals surface area contributed by atoms with Crippen molar-refractivity contribution >= 4 is 17.9 Å². The number of quaternary nitrogens is 1. The van der Waals surface area contributed by atoms with Crippen molar-refractivity contribution in [2.45, 2.75) is 219 Å². The zero-order valence-corrected chi connectivity index (χ0v) is 38.9. The number of likely N-dealkylation sites (N-methyl/N-ethyl adjacent to an activating group) is 1. The minimum absolute atomic E-state index is 0.0324. The SMILES string of the molecule is CCCCC/C=C\C/C=C\C/C=C\CCCCCCCCC(=O)OC(COCCC(C(=O)[O-])[N+](C)(C)C)COC(=O)CCCCCCC/C=C\CCCCCCCCC. The van der Waals surface area contributed by atoms with Crippen molar-refractivity contribution in [2.75, 3.05) is 41.0 Å². The van der Waals surface area contributed by atoms with Gasteiger partial charge in [0, 0.05) is 19.3 Å². The van der Waals surface area contributed by atoms with E-state index in [0.717, 1.165) is 77.0 Å². The van der Waals surface area contributed by atoms with Crippen molar-refractivity contribution in [1.82, 2.24) is 0 Å². The Hall–Kier alpha value is -2.71. The predicted octanol–water partition coefficient (Wildman–Crippen LogP) is 12.3. The van der Waals surface area contributed by atoms with E-state index in [2.05, 4.69) is 62.5 Å². The molecule has 342 valence electrons. The number of carbonyl (C=O) groups excluding carboxylic acids is 3. The van der Waals surface area contributed by atoms with Gasteiger partial charge < -0.3 is 28.6 Å². The van der Waals surface area contributed by atoms with Crippen molar-refractivity contribution in [2.24, 2.45) is 0 Å². The highest BCUT2D eigenvalue weighted by molar-refractivity contribution is 5.70. The second kappa shape index (κ2) is 42.0. The van der Waals surface area contributed by atoms with Gasteiger partial charge in [-0.1, -0.05) is 159 Å². The van der Waals surface area contributed by atoms with E-state index >= 15 is 0 Å². The van der Waals surface area contributed by atoms with Crippen molar-refractivity contribution in [3.05, 3.63) is 48.6 Å². The minimum atomic E-state index is -1.13. The van der Waals surface area contributed by atoms with Crippen LogP contribution in [0, 0.1) is 0 Å². The molecule has 2 atom stereocenters. The van der Waals surface area contributed by atoms with Gasteiger partial charge in [0.2, 0.25) is 0 Å². The predicted molar refractivity (Wildman–Crippen MR) is 245 cm³/mol. The number of aliphatic carboxylic acids is 1. The second-order valence-corrected chi connectivity index (χ2v) is 17.3. The van der Waals surface area contributed by atoms with Crippen molar-refractivity contribution in [3.8, 4) is 0 Å². The van der Waals surface area contributed by atoms with Gasteiger partial charge in [0.15, 0.2) is 6.10 Å². The third-order valence-electron chi connectivity index (χ3n) is 10.7. The summed E-state index contributed by atoms with van der Waals surface area (Å²) in [5.74, 6) is -1.76. The molecule has 0 heterocycles. The van der Waals surface area contributed by atoms with Gasteiger partial charge in [-0.05, 0) is 77.0 Å². The number of ether oxygens (including phenoxy) is 3. The highest BCUT2D eigenvalue weighted by Gasteiger charge is 2.25. The fraction of sp³-hybridized carbons (Fsp3) is 0.784. The van der Waals surface area contributed by atoms with Gasteiger partial charge in [-0.3, -0.25) is 9.59 Å². The van der Waals surface area contributed by atoms with E-state index in [1.165, 1.54) is 96.3 Å². The van der Waals surface area contributed by atoms with Crippen LogP contribution in [0.15, 0.2) is 48.6 Å². The number of carboxylic acid groups (broad SMARTS) is 1. The molecule has 0 aromatic carbocycles. The summed E-state index contributed by atoms with van der Waals surface area (Å²) in [4.78, 5) is 36.9. The van der Waals surface area contributed by atoms with Gasteiger partial charge in [0.05, 0.1) is 40.3 Å². The molecule has 0 aliphatic rings. The Morgan fingerprint density at radius 3 is 1.37 bits per heavy atom. The van der Waals surface area contributed by atoms with E-state index in [4.69, 9.17) is 14.2 Å². The lowest BCUT2D eigenvalue weighted by Gasteiger charge is -2.34. The Kier molecular flexibility index (Phi) is 40.1. The molecule has 0 amide bonds. The van der Waals surface area contributed by atoms with Crippen LogP contribution in [0.2, 0.25) is 0 Å². The van der Waals surface area contributed by atoms with Gasteiger partial charge in [0.25, 0.3) is 0 Å². The van der Waals surface area contributed by atoms with E-state index in [0.29, 0.717) is 12.8 Å². The summed E-state index contributed by atoms with van der Waals surface area (Å²) in [5, 5.41) is 11.6. The molecule has 0 radical (unpaired) electrons. The van der Waals surface area contributed by atoms with E-state index < -0.39 is 18.1 Å². The Morgan fingerprint density at radius 1 is 0.508 bits per heavy atom. The fourth-order valence-electron chi connectivity index (χ4n) is 6.90. The first kappa shape index (κ1) is 56.3. The molecule has 0 saturated carbocycles. The highest BCUT2D eigenvalue weighted by atomic mass is 16.6. The monoisotopic (exact) mass is 830 g/mol. The molecule has 8 nitrogen and oxygen atoms in total. The van der Waals surface area contributed by atoms with Crippen LogP contribution in [-0.2, 0) is 28.6 Å². The maximum absolute atomic E-state index is 12.8. The number of hydrogen-bond donors (Lipinski definition) is 0. The molecule has 0 fully saturated rings. The topological polar surface area (TPSA) is 102 Å². The molecule has 59 heavy (non-hydrogen) atoms. The molecule has 0 rings (SSSR count). The molecule has 2 unspecified atom stereocenters. The van der Waals surface area contributed by atoms with Gasteiger partial charge in [-0.2, -0.15) is 0 Å². The summed E-state index contributed by atoms with van der Waals surface area (Å²) in [7, 11) is 5.40. The molecule has 0 N–H and O–H groups in total. The van der Waals surface area contributed by atoms with Crippen LogP contribution in [0.1, 0.15) is 206 Å². The number of hydrogen-bond acceptors (Lipinski definition) is 7. The molecule has 0 aliphatic heterocycles. The molecule has 0 bridgehead atoms. The number of rotatable bonds is 43. The lowest BCUT2D eigenvalue weighted by atomic mass is 10.1. The molecule has 0 aromatic heterocycles. The van der Waals surface area contributed by atoms with E-state index in [-0.39, 0.29) is 42.7 Å². The standard InChI is InChI=1S/C51H91NO7/c1-6-8-10-12-14-16-18-20-22-24-25-26-28-30-32-34-36-38-40-42-50(54)59-47(45-57-44-43-48(51(55)56)52(3,4)5)46-58-49(53)41-39-37-35-33-31-29-27-23-21-19-17-15-13-11-9-7-2/h14,16,20,22-23,25-27,47-48H,6-13,15,17-19,21,24,28-46H2,1-5H3/b16-14-,22-20-,26-25-,27-23-. The maximum atomic E-state index is 12.8. The zero-order chi connectivity index (χ0) is 43.5. The largest absolute Gasteiger partial charge is 0.544 e. The van der Waals surface area contributed by atoms with E-state index in [1.807, 2.05) is 0 Å². The summed E-state index contributed by atoms with van der Waals surface area (Å²) in [6.07, 6.45) is 49.9. The van der Waals surface area contributed by atoms with E-state index in [9.17, 15) is 19.5 Å². The van der Waals surface area contributed by atoms with Crippen LogP contribution >= 0.6 is 0 Å². The molecular weight excluding hydrogens is 739 g/mol. The number of carbonyl (C=O) groups is 3. The van der Waals surface area contributed by atoms with Crippen molar-refractivity contribution in [3.63, 3.8) is 0 Å². The maximum Gasteiger partial charge on any atom is 0.306 e. The van der Waals surface area contributed by atoms with Gasteiger partial charge in [-0.25, -0.2) is 0 Å². The summed E-state index contributed by atoms with van der Waals surface area (Å²) >= 11 is 0. The van der Waals surface area contributed by atoms with Crippen LogP contribution in [-0.4, -0.2) is 75.5 Å². The number of nitrogens with zero attached hydrogens (tertiary/aromatic N) is 1. The van der Waals surface area contributed by atoms with Gasteiger partial charge >= 0.3 is 11.9 Å². The molecule has 0 spiro atoms. The first-order valence-electron chi connectivity index (χ1n) is 24.2. The molecule has 0 saturated heterocycles. The summed E-state index contributed by atoms with van der Waals surface area (Å²) in [5.41, 5.74) is 0. The molecule has 8 heteroatoms. The average molecular weight is 830 g/mol. The smallest absolute Gasteiger partial charge is 0.306 e. The Balaban J connectivity index is 4.33. The lowest BCUT2D eigenvalue weighted by Crippen LogP contribution is -2.55. The number of esters is 2. The van der Waals surface area contributed by atoms with Crippen LogP contribution in [0.5, 0.6) is 0 Å². The first-order chi connectivity index (χ1) is 28.6.